The average Bonchev–Trinajstić information content (AvgIpc) is 3.21. The van der Waals surface area contributed by atoms with Crippen molar-refractivity contribution in [2.75, 3.05) is 6.54 Å². The summed E-state index contributed by atoms with van der Waals surface area (Å²) in [5.74, 6) is 1.40. The third-order valence-electron chi connectivity index (χ3n) is 4.59. The molecular weight excluding hydrogens is 362 g/mol. The Morgan fingerprint density at radius 1 is 1.44 bits per heavy atom. The molecule has 0 bridgehead atoms. The van der Waals surface area contributed by atoms with Crippen LogP contribution in [0.4, 0.5) is 0 Å². The van der Waals surface area contributed by atoms with Crippen LogP contribution in [-0.4, -0.2) is 32.6 Å². The summed E-state index contributed by atoms with van der Waals surface area (Å²) in [5, 5.41) is 11.0. The van der Waals surface area contributed by atoms with E-state index < -0.39 is 6.10 Å². The summed E-state index contributed by atoms with van der Waals surface area (Å²) in [7, 11) is 0. The van der Waals surface area contributed by atoms with Crippen LogP contribution in [-0.2, 0) is 13.1 Å². The topological polar surface area (TPSA) is 82.4 Å². The third-order valence-corrected chi connectivity index (χ3v) is 5.70. The predicted molar refractivity (Wildman–Crippen MR) is 108 cm³/mol. The number of H-pyrrole nitrogens is 1. The summed E-state index contributed by atoms with van der Waals surface area (Å²) >= 11 is 1.54. The van der Waals surface area contributed by atoms with Gasteiger partial charge in [-0.25, -0.2) is 4.98 Å². The normalized spacial score (nSPS) is 12.7. The van der Waals surface area contributed by atoms with Crippen molar-refractivity contribution in [1.29, 1.82) is 0 Å². The SMILES string of the molecule is C=CCCC(O)CN(Cc1nc2sc(C)c(C)c2c(=O)[nH]1)Cc1ccco1. The summed E-state index contributed by atoms with van der Waals surface area (Å²) in [4.78, 5) is 24.0. The third kappa shape index (κ3) is 4.74. The number of aliphatic hydroxyl groups is 1. The molecule has 1 unspecified atom stereocenters. The number of rotatable bonds is 9. The molecule has 1 atom stereocenters. The molecule has 0 aliphatic rings. The van der Waals surface area contributed by atoms with E-state index in [1.54, 1.807) is 12.3 Å². The maximum Gasteiger partial charge on any atom is 0.259 e. The molecule has 27 heavy (non-hydrogen) atoms. The highest BCUT2D eigenvalue weighted by Gasteiger charge is 2.17. The fourth-order valence-electron chi connectivity index (χ4n) is 3.09. The van der Waals surface area contributed by atoms with Gasteiger partial charge in [-0.3, -0.25) is 9.69 Å². The number of allylic oxidation sites excluding steroid dienone is 1. The molecule has 0 saturated carbocycles. The van der Waals surface area contributed by atoms with Crippen LogP contribution in [0.25, 0.3) is 10.2 Å². The second-order valence-electron chi connectivity index (χ2n) is 6.74. The molecule has 0 saturated heterocycles. The lowest BCUT2D eigenvalue weighted by molar-refractivity contribution is 0.0931. The first-order chi connectivity index (χ1) is 13.0. The first-order valence-electron chi connectivity index (χ1n) is 9.00. The van der Waals surface area contributed by atoms with E-state index in [1.165, 1.54) is 11.3 Å². The number of furan rings is 1. The number of nitrogens with one attached hydrogen (secondary N) is 1. The molecule has 7 heteroatoms. The van der Waals surface area contributed by atoms with Crippen molar-refractivity contribution >= 4 is 21.6 Å². The van der Waals surface area contributed by atoms with Crippen LogP contribution in [0.2, 0.25) is 0 Å². The Labute approximate surface area is 162 Å². The molecule has 3 rings (SSSR count). The van der Waals surface area contributed by atoms with Gasteiger partial charge in [0.2, 0.25) is 0 Å². The van der Waals surface area contributed by atoms with E-state index in [0.29, 0.717) is 37.3 Å². The summed E-state index contributed by atoms with van der Waals surface area (Å²) in [6, 6.07) is 3.74. The lowest BCUT2D eigenvalue weighted by Gasteiger charge is -2.23. The summed E-state index contributed by atoms with van der Waals surface area (Å²) in [5.41, 5.74) is 0.879. The lowest BCUT2D eigenvalue weighted by atomic mass is 10.2. The molecule has 3 aromatic rings. The zero-order chi connectivity index (χ0) is 19.4. The molecule has 0 amide bonds. The Hall–Kier alpha value is -2.22. The predicted octanol–water partition coefficient (Wildman–Crippen LogP) is 3.52. The van der Waals surface area contributed by atoms with Gasteiger partial charge in [0.05, 0.1) is 30.8 Å². The maximum absolute atomic E-state index is 12.5. The molecule has 0 aliphatic carbocycles. The summed E-state index contributed by atoms with van der Waals surface area (Å²) in [6.45, 7) is 9.06. The highest BCUT2D eigenvalue weighted by Crippen LogP contribution is 2.25. The standard InChI is InChI=1S/C20H25N3O3S/c1-4-5-7-15(24)10-23(11-16-8-6-9-26-16)12-17-21-19(25)18-13(2)14(3)27-20(18)22-17/h4,6,8-9,15,24H,1,5,7,10-12H2,2-3H3,(H,21,22,25). The van der Waals surface area contributed by atoms with Crippen LogP contribution in [0.5, 0.6) is 0 Å². The Morgan fingerprint density at radius 2 is 2.26 bits per heavy atom. The van der Waals surface area contributed by atoms with Crippen molar-refractivity contribution in [2.24, 2.45) is 0 Å². The van der Waals surface area contributed by atoms with Gasteiger partial charge in [0.1, 0.15) is 16.4 Å². The minimum absolute atomic E-state index is 0.109. The molecule has 0 fully saturated rings. The minimum Gasteiger partial charge on any atom is -0.468 e. The highest BCUT2D eigenvalue weighted by molar-refractivity contribution is 7.18. The second kappa shape index (κ2) is 8.65. The number of fused-ring (bicyclic) bond motifs is 1. The molecule has 144 valence electrons. The molecule has 0 radical (unpaired) electrons. The molecular formula is C20H25N3O3S. The van der Waals surface area contributed by atoms with E-state index in [4.69, 9.17) is 4.42 Å². The van der Waals surface area contributed by atoms with Crippen molar-refractivity contribution < 1.29 is 9.52 Å². The number of aromatic nitrogens is 2. The Bertz CT molecular complexity index is 959. The van der Waals surface area contributed by atoms with Crippen molar-refractivity contribution in [3.05, 3.63) is 63.4 Å². The fraction of sp³-hybridized carbons (Fsp3) is 0.400. The Balaban J connectivity index is 1.83. The average molecular weight is 388 g/mol. The number of aryl methyl sites for hydroxylation is 2. The van der Waals surface area contributed by atoms with Gasteiger partial charge in [0.25, 0.3) is 5.56 Å². The summed E-state index contributed by atoms with van der Waals surface area (Å²) in [6.07, 6.45) is 4.34. The molecule has 6 nitrogen and oxygen atoms in total. The number of aromatic amines is 1. The molecule has 0 aliphatic heterocycles. The first kappa shape index (κ1) is 19.5. The van der Waals surface area contributed by atoms with Crippen LogP contribution >= 0.6 is 11.3 Å². The van der Waals surface area contributed by atoms with Crippen molar-refractivity contribution in [3.63, 3.8) is 0 Å². The largest absolute Gasteiger partial charge is 0.468 e. The highest BCUT2D eigenvalue weighted by atomic mass is 32.1. The van der Waals surface area contributed by atoms with Crippen LogP contribution in [0.3, 0.4) is 0 Å². The van der Waals surface area contributed by atoms with E-state index >= 15 is 0 Å². The first-order valence-corrected chi connectivity index (χ1v) is 9.82. The molecule has 3 heterocycles. The second-order valence-corrected chi connectivity index (χ2v) is 7.95. The monoisotopic (exact) mass is 387 g/mol. The van der Waals surface area contributed by atoms with Crippen LogP contribution in [0.1, 0.15) is 34.9 Å². The van der Waals surface area contributed by atoms with E-state index in [2.05, 4.69) is 16.5 Å². The van der Waals surface area contributed by atoms with Gasteiger partial charge in [-0.15, -0.1) is 17.9 Å². The minimum atomic E-state index is -0.486. The lowest BCUT2D eigenvalue weighted by Crippen LogP contribution is -2.32. The van der Waals surface area contributed by atoms with Crippen LogP contribution in [0.15, 0.2) is 40.3 Å². The van der Waals surface area contributed by atoms with Gasteiger partial charge in [-0.1, -0.05) is 6.08 Å². The molecule has 0 spiro atoms. The van der Waals surface area contributed by atoms with Gasteiger partial charge >= 0.3 is 0 Å². The Morgan fingerprint density at radius 3 is 2.96 bits per heavy atom. The zero-order valence-electron chi connectivity index (χ0n) is 15.7. The van der Waals surface area contributed by atoms with Gasteiger partial charge in [0, 0.05) is 11.4 Å². The van der Waals surface area contributed by atoms with E-state index in [0.717, 1.165) is 27.5 Å². The number of nitrogens with zero attached hydrogens (tertiary/aromatic N) is 2. The van der Waals surface area contributed by atoms with Crippen molar-refractivity contribution in [3.8, 4) is 0 Å². The van der Waals surface area contributed by atoms with Gasteiger partial charge in [-0.05, 0) is 44.4 Å². The van der Waals surface area contributed by atoms with Crippen LogP contribution < -0.4 is 5.56 Å². The quantitative estimate of drug-likeness (QED) is 0.549. The van der Waals surface area contributed by atoms with E-state index in [1.807, 2.05) is 30.9 Å². The van der Waals surface area contributed by atoms with Gasteiger partial charge in [0.15, 0.2) is 0 Å². The van der Waals surface area contributed by atoms with Crippen molar-refractivity contribution in [2.45, 2.75) is 45.9 Å². The Kier molecular flexibility index (Phi) is 6.26. The molecule has 3 aromatic heterocycles. The number of thiophene rings is 1. The summed E-state index contributed by atoms with van der Waals surface area (Å²) < 4.78 is 5.45. The smallest absolute Gasteiger partial charge is 0.259 e. The van der Waals surface area contributed by atoms with Gasteiger partial charge in [-0.2, -0.15) is 0 Å². The number of hydrogen-bond acceptors (Lipinski definition) is 6. The number of hydrogen-bond donors (Lipinski definition) is 2. The maximum atomic E-state index is 12.5. The van der Waals surface area contributed by atoms with E-state index in [-0.39, 0.29) is 5.56 Å². The molecule has 0 aromatic carbocycles. The van der Waals surface area contributed by atoms with Crippen molar-refractivity contribution in [1.82, 2.24) is 14.9 Å². The number of aliphatic hydroxyl groups excluding tert-OH is 1. The fourth-order valence-corrected chi connectivity index (χ4v) is 4.14. The molecule has 2 N–H and O–H groups in total. The zero-order valence-corrected chi connectivity index (χ0v) is 16.5. The van der Waals surface area contributed by atoms with Crippen LogP contribution in [0, 0.1) is 13.8 Å². The van der Waals surface area contributed by atoms with E-state index in [9.17, 15) is 9.90 Å². The van der Waals surface area contributed by atoms with Gasteiger partial charge < -0.3 is 14.5 Å².